The van der Waals surface area contributed by atoms with Gasteiger partial charge in [0.1, 0.15) is 23.5 Å². The van der Waals surface area contributed by atoms with E-state index in [1.807, 2.05) is 13.0 Å². The third-order valence-corrected chi connectivity index (χ3v) is 3.18. The van der Waals surface area contributed by atoms with E-state index in [-0.39, 0.29) is 23.6 Å². The summed E-state index contributed by atoms with van der Waals surface area (Å²) in [6, 6.07) is 5.52. The third-order valence-electron chi connectivity index (χ3n) is 3.18. The molecule has 136 valence electrons. The molecule has 0 aromatic heterocycles. The zero-order valence-corrected chi connectivity index (χ0v) is 15.0. The Bertz CT molecular complexity index is 659. The van der Waals surface area contributed by atoms with Crippen LogP contribution in [0, 0.1) is 11.3 Å². The lowest BCUT2D eigenvalue weighted by Gasteiger charge is -2.23. The standard InChI is InChI=1S/C18H25N3O4/c1-5-8-20-16(23)14(21-17(24)25-18(2,3)4)10-12-6-7-15(22)13(9-12)11-19/h6-7,9,14,22H,5,8,10H2,1-4H3,(H,20,23)(H,21,24). The van der Waals surface area contributed by atoms with Crippen LogP contribution in [0.2, 0.25) is 0 Å². The van der Waals surface area contributed by atoms with Crippen molar-refractivity contribution in [3.63, 3.8) is 0 Å². The van der Waals surface area contributed by atoms with Crippen molar-refractivity contribution in [1.29, 1.82) is 5.26 Å². The number of nitrogens with zero attached hydrogens (tertiary/aromatic N) is 1. The minimum Gasteiger partial charge on any atom is -0.507 e. The maximum atomic E-state index is 12.3. The number of ether oxygens (including phenoxy) is 1. The van der Waals surface area contributed by atoms with E-state index in [4.69, 9.17) is 10.00 Å². The molecule has 0 aliphatic rings. The van der Waals surface area contributed by atoms with Gasteiger partial charge in [-0.1, -0.05) is 13.0 Å². The first-order valence-electron chi connectivity index (χ1n) is 8.15. The zero-order valence-electron chi connectivity index (χ0n) is 15.0. The van der Waals surface area contributed by atoms with Crippen LogP contribution in [0.3, 0.4) is 0 Å². The van der Waals surface area contributed by atoms with Gasteiger partial charge in [-0.05, 0) is 44.9 Å². The Morgan fingerprint density at radius 1 is 1.36 bits per heavy atom. The van der Waals surface area contributed by atoms with E-state index in [9.17, 15) is 14.7 Å². The fourth-order valence-corrected chi connectivity index (χ4v) is 2.07. The molecule has 0 radical (unpaired) electrons. The fraction of sp³-hybridized carbons (Fsp3) is 0.500. The van der Waals surface area contributed by atoms with E-state index in [0.717, 1.165) is 6.42 Å². The largest absolute Gasteiger partial charge is 0.507 e. The van der Waals surface area contributed by atoms with Crippen LogP contribution >= 0.6 is 0 Å². The molecule has 1 aromatic rings. The summed E-state index contributed by atoms with van der Waals surface area (Å²) in [5.41, 5.74) is 0.0747. The van der Waals surface area contributed by atoms with E-state index < -0.39 is 17.7 Å². The van der Waals surface area contributed by atoms with Gasteiger partial charge in [0.05, 0.1) is 5.56 Å². The predicted molar refractivity (Wildman–Crippen MR) is 93.0 cm³/mol. The van der Waals surface area contributed by atoms with Crippen LogP contribution in [-0.4, -0.2) is 35.3 Å². The normalized spacial score (nSPS) is 12.0. The minimum atomic E-state index is -0.850. The molecule has 1 unspecified atom stereocenters. The van der Waals surface area contributed by atoms with Crippen molar-refractivity contribution in [1.82, 2.24) is 10.6 Å². The van der Waals surface area contributed by atoms with Crippen molar-refractivity contribution in [3.8, 4) is 11.8 Å². The van der Waals surface area contributed by atoms with Gasteiger partial charge in [-0.2, -0.15) is 5.26 Å². The van der Waals surface area contributed by atoms with Crippen LogP contribution in [0.4, 0.5) is 4.79 Å². The first-order chi connectivity index (χ1) is 11.7. The van der Waals surface area contributed by atoms with Crippen LogP contribution in [0.25, 0.3) is 0 Å². The summed E-state index contributed by atoms with van der Waals surface area (Å²) in [5, 5.41) is 23.9. The van der Waals surface area contributed by atoms with E-state index in [2.05, 4.69) is 10.6 Å². The van der Waals surface area contributed by atoms with Crippen LogP contribution < -0.4 is 10.6 Å². The SMILES string of the molecule is CCCNC(=O)C(Cc1ccc(O)c(C#N)c1)NC(=O)OC(C)(C)C. The van der Waals surface area contributed by atoms with Gasteiger partial charge < -0.3 is 20.5 Å². The quantitative estimate of drug-likeness (QED) is 0.730. The molecule has 0 fully saturated rings. The second-order valence-corrected chi connectivity index (χ2v) is 6.66. The van der Waals surface area contributed by atoms with Gasteiger partial charge in [-0.15, -0.1) is 0 Å². The van der Waals surface area contributed by atoms with Gasteiger partial charge in [-0.25, -0.2) is 4.79 Å². The van der Waals surface area contributed by atoms with Crippen molar-refractivity contribution in [3.05, 3.63) is 29.3 Å². The third kappa shape index (κ3) is 7.12. The van der Waals surface area contributed by atoms with Gasteiger partial charge in [0, 0.05) is 13.0 Å². The second kappa shape index (κ2) is 8.92. The minimum absolute atomic E-state index is 0.113. The van der Waals surface area contributed by atoms with Crippen LogP contribution in [-0.2, 0) is 16.0 Å². The number of benzene rings is 1. The van der Waals surface area contributed by atoms with Crippen molar-refractivity contribution in [2.45, 2.75) is 52.2 Å². The fourth-order valence-electron chi connectivity index (χ4n) is 2.07. The van der Waals surface area contributed by atoms with Gasteiger partial charge in [0.2, 0.25) is 5.91 Å². The molecule has 2 amide bonds. The highest BCUT2D eigenvalue weighted by Gasteiger charge is 2.24. The Balaban J connectivity index is 2.93. The number of phenolic OH excluding ortho intramolecular Hbond substituents is 1. The van der Waals surface area contributed by atoms with E-state index in [1.165, 1.54) is 12.1 Å². The van der Waals surface area contributed by atoms with Crippen LogP contribution in [0.5, 0.6) is 5.75 Å². The predicted octanol–water partition coefficient (Wildman–Crippen LogP) is 2.23. The van der Waals surface area contributed by atoms with E-state index in [1.54, 1.807) is 26.8 Å². The van der Waals surface area contributed by atoms with Crippen LogP contribution in [0.1, 0.15) is 45.2 Å². The molecule has 7 nitrogen and oxygen atoms in total. The number of carbonyl (C=O) groups excluding carboxylic acids is 2. The molecule has 0 bridgehead atoms. The lowest BCUT2D eigenvalue weighted by Crippen LogP contribution is -2.49. The summed E-state index contributed by atoms with van der Waals surface area (Å²) < 4.78 is 5.20. The highest BCUT2D eigenvalue weighted by molar-refractivity contribution is 5.86. The molecular formula is C18H25N3O4. The summed E-state index contributed by atoms with van der Waals surface area (Å²) >= 11 is 0. The molecule has 0 saturated carbocycles. The Hall–Kier alpha value is -2.75. The number of carbonyl (C=O) groups is 2. The molecule has 25 heavy (non-hydrogen) atoms. The molecule has 7 heteroatoms. The zero-order chi connectivity index (χ0) is 19.0. The summed E-state index contributed by atoms with van der Waals surface area (Å²) in [6.45, 7) is 7.62. The Morgan fingerprint density at radius 3 is 2.60 bits per heavy atom. The van der Waals surface area contributed by atoms with E-state index >= 15 is 0 Å². The molecule has 1 rings (SSSR count). The number of phenols is 1. The van der Waals surface area contributed by atoms with Crippen molar-refractivity contribution in [2.24, 2.45) is 0 Å². The van der Waals surface area contributed by atoms with Gasteiger partial charge in [0.25, 0.3) is 0 Å². The number of hydrogen-bond donors (Lipinski definition) is 3. The molecule has 3 N–H and O–H groups in total. The summed E-state index contributed by atoms with van der Waals surface area (Å²) in [4.78, 5) is 24.3. The average molecular weight is 347 g/mol. The van der Waals surface area contributed by atoms with Gasteiger partial charge >= 0.3 is 6.09 Å². The monoisotopic (exact) mass is 347 g/mol. The number of nitriles is 1. The Kier molecular flexibility index (Phi) is 7.24. The van der Waals surface area contributed by atoms with Crippen LogP contribution in [0.15, 0.2) is 18.2 Å². The molecule has 0 saturated heterocycles. The number of nitrogens with one attached hydrogen (secondary N) is 2. The maximum Gasteiger partial charge on any atom is 0.408 e. The van der Waals surface area contributed by atoms with Gasteiger partial charge in [-0.3, -0.25) is 4.79 Å². The highest BCUT2D eigenvalue weighted by atomic mass is 16.6. The molecule has 0 spiro atoms. The molecular weight excluding hydrogens is 322 g/mol. The van der Waals surface area contributed by atoms with Gasteiger partial charge in [0.15, 0.2) is 0 Å². The number of amides is 2. The lowest BCUT2D eigenvalue weighted by molar-refractivity contribution is -0.123. The van der Waals surface area contributed by atoms with Crippen molar-refractivity contribution in [2.75, 3.05) is 6.54 Å². The number of aromatic hydroxyl groups is 1. The Morgan fingerprint density at radius 2 is 2.04 bits per heavy atom. The summed E-state index contributed by atoms with van der Waals surface area (Å²) in [7, 11) is 0. The van der Waals surface area contributed by atoms with E-state index in [0.29, 0.717) is 12.1 Å². The van der Waals surface area contributed by atoms with Crippen molar-refractivity contribution >= 4 is 12.0 Å². The maximum absolute atomic E-state index is 12.3. The average Bonchev–Trinajstić information content (AvgIpc) is 2.51. The summed E-state index contributed by atoms with van der Waals surface area (Å²) in [5.74, 6) is -0.461. The highest BCUT2D eigenvalue weighted by Crippen LogP contribution is 2.18. The smallest absolute Gasteiger partial charge is 0.408 e. The topological polar surface area (TPSA) is 111 Å². The number of hydrogen-bond acceptors (Lipinski definition) is 5. The Labute approximate surface area is 148 Å². The van der Waals surface area contributed by atoms with Crippen molar-refractivity contribution < 1.29 is 19.4 Å². The first-order valence-corrected chi connectivity index (χ1v) is 8.15. The molecule has 0 aliphatic heterocycles. The molecule has 0 heterocycles. The molecule has 1 aromatic carbocycles. The summed E-state index contributed by atoms with van der Waals surface area (Å²) in [6.07, 6.45) is 0.246. The molecule has 0 aliphatic carbocycles. The number of rotatable bonds is 6. The first kappa shape index (κ1) is 20.3. The second-order valence-electron chi connectivity index (χ2n) is 6.66. The number of alkyl carbamates (subject to hydrolysis) is 1. The molecule has 1 atom stereocenters. The lowest BCUT2D eigenvalue weighted by atomic mass is 10.0.